The number of carbonyl (C=O) groups excluding carboxylic acids is 1. The average Bonchev–Trinajstić information content (AvgIpc) is 2.50. The number of ketones is 1. The second kappa shape index (κ2) is 6.35. The summed E-state index contributed by atoms with van der Waals surface area (Å²) in [6.07, 6.45) is 0.355. The maximum Gasteiger partial charge on any atom is 0.321 e. The molecule has 0 heterocycles. The Balaban J connectivity index is 2.41. The number of hydrogen-bond acceptors (Lipinski definition) is 2. The van der Waals surface area contributed by atoms with Crippen LogP contribution in [0.4, 0.5) is 0 Å². The summed E-state index contributed by atoms with van der Waals surface area (Å²) in [7, 11) is 0. The molecule has 21 heavy (non-hydrogen) atoms. The van der Waals surface area contributed by atoms with Crippen molar-refractivity contribution in [1.29, 1.82) is 0 Å². The van der Waals surface area contributed by atoms with Crippen LogP contribution in [0.2, 0.25) is 0 Å². The maximum atomic E-state index is 12.7. The molecule has 108 valence electrons. The molecule has 1 N–H and O–H groups in total. The van der Waals surface area contributed by atoms with Crippen LogP contribution in [-0.4, -0.2) is 16.9 Å². The van der Waals surface area contributed by atoms with Gasteiger partial charge in [-0.15, -0.1) is 0 Å². The monoisotopic (exact) mass is 282 g/mol. The van der Waals surface area contributed by atoms with E-state index in [9.17, 15) is 14.7 Å². The Hall–Kier alpha value is -2.42. The molecular weight excluding hydrogens is 264 g/mol. The van der Waals surface area contributed by atoms with Crippen LogP contribution < -0.4 is 0 Å². The first-order valence-electron chi connectivity index (χ1n) is 6.97. The van der Waals surface area contributed by atoms with Gasteiger partial charge in [0.25, 0.3) is 0 Å². The van der Waals surface area contributed by atoms with E-state index in [1.807, 2.05) is 36.4 Å². The van der Waals surface area contributed by atoms with Crippen molar-refractivity contribution < 1.29 is 14.7 Å². The summed E-state index contributed by atoms with van der Waals surface area (Å²) in [5, 5.41) is 9.70. The third-order valence-electron chi connectivity index (χ3n) is 3.85. The molecule has 0 fully saturated rings. The van der Waals surface area contributed by atoms with Gasteiger partial charge in [-0.1, -0.05) is 67.6 Å². The van der Waals surface area contributed by atoms with E-state index in [0.717, 1.165) is 5.56 Å². The molecule has 0 spiro atoms. The molecule has 2 rings (SSSR count). The average molecular weight is 282 g/mol. The van der Waals surface area contributed by atoms with Gasteiger partial charge in [-0.05, 0) is 17.5 Å². The van der Waals surface area contributed by atoms with Gasteiger partial charge < -0.3 is 5.11 Å². The van der Waals surface area contributed by atoms with Crippen molar-refractivity contribution in [2.24, 2.45) is 0 Å². The minimum atomic E-state index is -1.48. The zero-order chi connectivity index (χ0) is 15.3. The number of hydrogen-bond donors (Lipinski definition) is 1. The number of Topliss-reactive ketones (excluding diaryl/α,β-unsaturated/α-hetero) is 1. The fourth-order valence-electron chi connectivity index (χ4n) is 2.61. The normalized spacial score (nSPS) is 13.4. The van der Waals surface area contributed by atoms with Crippen molar-refractivity contribution in [2.75, 3.05) is 0 Å². The number of carbonyl (C=O) groups is 2. The molecule has 2 aromatic carbocycles. The van der Waals surface area contributed by atoms with E-state index in [4.69, 9.17) is 0 Å². The Morgan fingerprint density at radius 1 is 0.952 bits per heavy atom. The van der Waals surface area contributed by atoms with Gasteiger partial charge in [-0.3, -0.25) is 9.59 Å². The van der Waals surface area contributed by atoms with E-state index in [1.165, 1.54) is 0 Å². The SMILES string of the molecule is CCC(C(=O)O)(C(=O)Cc1ccccc1)c1ccccc1. The molecule has 0 radical (unpaired) electrons. The van der Waals surface area contributed by atoms with Gasteiger partial charge in [0.05, 0.1) is 0 Å². The van der Waals surface area contributed by atoms with Gasteiger partial charge in [0.1, 0.15) is 0 Å². The lowest BCUT2D eigenvalue weighted by atomic mass is 9.73. The first-order valence-corrected chi connectivity index (χ1v) is 6.97. The quantitative estimate of drug-likeness (QED) is 0.828. The highest BCUT2D eigenvalue weighted by Crippen LogP contribution is 2.31. The lowest BCUT2D eigenvalue weighted by Gasteiger charge is -2.27. The van der Waals surface area contributed by atoms with E-state index < -0.39 is 11.4 Å². The second-order valence-electron chi connectivity index (χ2n) is 5.02. The molecule has 0 aliphatic rings. The zero-order valence-corrected chi connectivity index (χ0v) is 12.0. The van der Waals surface area contributed by atoms with Gasteiger partial charge in [-0.25, -0.2) is 0 Å². The fourth-order valence-corrected chi connectivity index (χ4v) is 2.61. The van der Waals surface area contributed by atoms with Crippen molar-refractivity contribution >= 4 is 11.8 Å². The van der Waals surface area contributed by atoms with Gasteiger partial charge in [-0.2, -0.15) is 0 Å². The third kappa shape index (κ3) is 2.87. The first kappa shape index (κ1) is 15.0. The molecule has 0 aromatic heterocycles. The summed E-state index contributed by atoms with van der Waals surface area (Å²) in [5.41, 5.74) is -0.102. The van der Waals surface area contributed by atoms with Crippen molar-refractivity contribution in [1.82, 2.24) is 0 Å². The van der Waals surface area contributed by atoms with Gasteiger partial charge >= 0.3 is 5.97 Å². The molecule has 1 unspecified atom stereocenters. The van der Waals surface area contributed by atoms with Crippen LogP contribution in [0.5, 0.6) is 0 Å². The van der Waals surface area contributed by atoms with Gasteiger partial charge in [0, 0.05) is 6.42 Å². The van der Waals surface area contributed by atoms with E-state index in [-0.39, 0.29) is 18.6 Å². The Bertz CT molecular complexity index is 619. The van der Waals surface area contributed by atoms with E-state index in [1.54, 1.807) is 31.2 Å². The number of carboxylic acid groups (broad SMARTS) is 1. The summed E-state index contributed by atoms with van der Waals surface area (Å²) >= 11 is 0. The smallest absolute Gasteiger partial charge is 0.321 e. The molecule has 1 atom stereocenters. The molecule has 3 heteroatoms. The topological polar surface area (TPSA) is 54.4 Å². The molecular formula is C18H18O3. The highest BCUT2D eigenvalue weighted by Gasteiger charge is 2.45. The molecule has 3 nitrogen and oxygen atoms in total. The summed E-state index contributed by atoms with van der Waals surface area (Å²) < 4.78 is 0. The largest absolute Gasteiger partial charge is 0.480 e. The number of carboxylic acids is 1. The van der Waals surface area contributed by atoms with Crippen molar-refractivity contribution in [3.05, 3.63) is 71.8 Å². The van der Waals surface area contributed by atoms with E-state index in [0.29, 0.717) is 5.56 Å². The molecule has 0 aliphatic carbocycles. The highest BCUT2D eigenvalue weighted by molar-refractivity contribution is 6.09. The third-order valence-corrected chi connectivity index (χ3v) is 3.85. The Labute approximate surface area is 124 Å². The van der Waals surface area contributed by atoms with Crippen LogP contribution in [0.3, 0.4) is 0 Å². The predicted molar refractivity (Wildman–Crippen MR) is 81.2 cm³/mol. The summed E-state index contributed by atoms with van der Waals surface area (Å²) in [4.78, 5) is 24.6. The molecule has 0 amide bonds. The van der Waals surface area contributed by atoms with E-state index in [2.05, 4.69) is 0 Å². The molecule has 0 saturated carbocycles. The summed E-state index contributed by atoms with van der Waals surface area (Å²) in [5.74, 6) is -1.37. The van der Waals surface area contributed by atoms with Crippen LogP contribution in [-0.2, 0) is 21.4 Å². The molecule has 2 aromatic rings. The first-order chi connectivity index (χ1) is 10.1. The number of aliphatic carboxylic acids is 1. The highest BCUT2D eigenvalue weighted by atomic mass is 16.4. The Morgan fingerprint density at radius 2 is 1.48 bits per heavy atom. The van der Waals surface area contributed by atoms with Gasteiger partial charge in [0.15, 0.2) is 11.2 Å². The van der Waals surface area contributed by atoms with Crippen LogP contribution in [0.25, 0.3) is 0 Å². The fraction of sp³-hybridized carbons (Fsp3) is 0.222. The van der Waals surface area contributed by atoms with Crippen LogP contribution >= 0.6 is 0 Å². The van der Waals surface area contributed by atoms with E-state index >= 15 is 0 Å². The second-order valence-corrected chi connectivity index (χ2v) is 5.02. The van der Waals surface area contributed by atoms with Crippen molar-refractivity contribution in [3.8, 4) is 0 Å². The number of rotatable bonds is 6. The van der Waals surface area contributed by atoms with Crippen molar-refractivity contribution in [2.45, 2.75) is 25.2 Å². The standard InChI is InChI=1S/C18H18O3/c1-2-18(17(20)21,15-11-7-4-8-12-15)16(19)13-14-9-5-3-6-10-14/h3-12H,2,13H2,1H3,(H,20,21). The van der Waals surface area contributed by atoms with Crippen LogP contribution in [0.15, 0.2) is 60.7 Å². The molecule has 0 aliphatic heterocycles. The molecule has 0 bridgehead atoms. The summed E-state index contributed by atoms with van der Waals surface area (Å²) in [6.45, 7) is 1.74. The minimum Gasteiger partial charge on any atom is -0.480 e. The zero-order valence-electron chi connectivity index (χ0n) is 12.0. The lowest BCUT2D eigenvalue weighted by Crippen LogP contribution is -2.44. The van der Waals surface area contributed by atoms with Crippen LogP contribution in [0.1, 0.15) is 24.5 Å². The minimum absolute atomic E-state index is 0.121. The Morgan fingerprint density at radius 3 is 1.95 bits per heavy atom. The maximum absolute atomic E-state index is 12.7. The lowest BCUT2D eigenvalue weighted by molar-refractivity contribution is -0.149. The predicted octanol–water partition coefficient (Wildman–Crippen LogP) is 3.23. The summed E-state index contributed by atoms with van der Waals surface area (Å²) in [6, 6.07) is 18.0. The van der Waals surface area contributed by atoms with Crippen LogP contribution in [0, 0.1) is 0 Å². The molecule has 0 saturated heterocycles. The van der Waals surface area contributed by atoms with Crippen molar-refractivity contribution in [3.63, 3.8) is 0 Å². The van der Waals surface area contributed by atoms with Gasteiger partial charge in [0.2, 0.25) is 0 Å². The Kier molecular flexibility index (Phi) is 4.53. The number of benzene rings is 2.